The quantitative estimate of drug-likeness (QED) is 0.845. The number of halogens is 2. The highest BCUT2D eigenvalue weighted by Gasteiger charge is 2.30. The Morgan fingerprint density at radius 1 is 1.17 bits per heavy atom. The van der Waals surface area contributed by atoms with Crippen molar-refractivity contribution < 1.29 is 8.78 Å². The molecule has 1 aromatic rings. The predicted molar refractivity (Wildman–Crippen MR) is 69.0 cm³/mol. The van der Waals surface area contributed by atoms with Crippen molar-refractivity contribution in [2.24, 2.45) is 23.5 Å². The van der Waals surface area contributed by atoms with Gasteiger partial charge in [0.2, 0.25) is 0 Å². The lowest BCUT2D eigenvalue weighted by atomic mass is 9.72. The molecule has 0 aromatic heterocycles. The third-order valence-corrected chi connectivity index (χ3v) is 4.49. The molecule has 0 aliphatic heterocycles. The lowest BCUT2D eigenvalue weighted by Gasteiger charge is -2.35. The minimum atomic E-state index is -0.805. The zero-order valence-corrected chi connectivity index (χ0v) is 11.0. The maximum Gasteiger partial charge on any atom is 0.163 e. The average molecular weight is 253 g/mol. The highest BCUT2D eigenvalue weighted by Crippen LogP contribution is 2.39. The molecule has 2 N–H and O–H groups in total. The van der Waals surface area contributed by atoms with E-state index in [-0.39, 0.29) is 5.92 Å². The molecule has 4 atom stereocenters. The molecule has 0 spiro atoms. The van der Waals surface area contributed by atoms with Crippen LogP contribution >= 0.6 is 0 Å². The molecule has 1 saturated carbocycles. The third-order valence-electron chi connectivity index (χ3n) is 4.49. The van der Waals surface area contributed by atoms with Gasteiger partial charge in [0.25, 0.3) is 0 Å². The second kappa shape index (κ2) is 5.35. The highest BCUT2D eigenvalue weighted by atomic mass is 19.2. The van der Waals surface area contributed by atoms with Gasteiger partial charge in [-0.25, -0.2) is 8.78 Å². The maximum atomic E-state index is 13.7. The van der Waals surface area contributed by atoms with Crippen LogP contribution in [0.4, 0.5) is 8.78 Å². The van der Waals surface area contributed by atoms with Crippen LogP contribution in [0.25, 0.3) is 0 Å². The van der Waals surface area contributed by atoms with E-state index in [9.17, 15) is 8.78 Å². The topological polar surface area (TPSA) is 26.0 Å². The van der Waals surface area contributed by atoms with Gasteiger partial charge in [0.1, 0.15) is 0 Å². The van der Waals surface area contributed by atoms with Crippen LogP contribution in [0.1, 0.15) is 44.7 Å². The molecule has 1 fully saturated rings. The molecular weight excluding hydrogens is 232 g/mol. The molecule has 100 valence electrons. The largest absolute Gasteiger partial charge is 0.324 e. The lowest BCUT2D eigenvalue weighted by molar-refractivity contribution is 0.184. The summed E-state index contributed by atoms with van der Waals surface area (Å²) in [4.78, 5) is 0. The first kappa shape index (κ1) is 13.5. The SMILES string of the molecule is CC1CCC(C(N)c2cccc(F)c2F)CC1C. The molecule has 2 rings (SSSR count). The summed E-state index contributed by atoms with van der Waals surface area (Å²) in [5, 5.41) is 0. The van der Waals surface area contributed by atoms with Crippen molar-refractivity contribution in [1.82, 2.24) is 0 Å². The van der Waals surface area contributed by atoms with E-state index in [0.717, 1.165) is 25.3 Å². The van der Waals surface area contributed by atoms with Crippen LogP contribution < -0.4 is 5.73 Å². The molecule has 3 heteroatoms. The zero-order chi connectivity index (χ0) is 13.3. The van der Waals surface area contributed by atoms with Crippen molar-refractivity contribution in [1.29, 1.82) is 0 Å². The van der Waals surface area contributed by atoms with E-state index in [1.54, 1.807) is 6.07 Å². The first-order valence-corrected chi connectivity index (χ1v) is 6.70. The van der Waals surface area contributed by atoms with Gasteiger partial charge in [0.15, 0.2) is 11.6 Å². The van der Waals surface area contributed by atoms with Gasteiger partial charge in [0, 0.05) is 11.6 Å². The van der Waals surface area contributed by atoms with Gasteiger partial charge in [-0.3, -0.25) is 0 Å². The Labute approximate surface area is 107 Å². The Morgan fingerprint density at radius 3 is 2.56 bits per heavy atom. The molecule has 0 amide bonds. The minimum Gasteiger partial charge on any atom is -0.324 e. The van der Waals surface area contributed by atoms with E-state index in [2.05, 4.69) is 13.8 Å². The fourth-order valence-corrected chi connectivity index (χ4v) is 2.95. The molecule has 4 unspecified atom stereocenters. The van der Waals surface area contributed by atoms with Crippen molar-refractivity contribution in [2.45, 2.75) is 39.2 Å². The molecule has 0 saturated heterocycles. The Bertz CT molecular complexity index is 419. The van der Waals surface area contributed by atoms with Gasteiger partial charge < -0.3 is 5.73 Å². The van der Waals surface area contributed by atoms with E-state index in [4.69, 9.17) is 5.73 Å². The van der Waals surface area contributed by atoms with Gasteiger partial charge >= 0.3 is 0 Å². The number of hydrogen-bond donors (Lipinski definition) is 1. The standard InChI is InChI=1S/C15H21F2N/c1-9-6-7-11(8-10(9)2)15(18)12-4-3-5-13(16)14(12)17/h3-5,9-11,15H,6-8,18H2,1-2H3. The van der Waals surface area contributed by atoms with Crippen LogP contribution in [-0.2, 0) is 0 Å². The third kappa shape index (κ3) is 2.56. The van der Waals surface area contributed by atoms with E-state index in [1.165, 1.54) is 6.07 Å². The van der Waals surface area contributed by atoms with Crippen molar-refractivity contribution >= 4 is 0 Å². The molecule has 0 bridgehead atoms. The Hall–Kier alpha value is -0.960. The van der Waals surface area contributed by atoms with Crippen LogP contribution in [0.2, 0.25) is 0 Å². The van der Waals surface area contributed by atoms with Crippen molar-refractivity contribution in [3.8, 4) is 0 Å². The average Bonchev–Trinajstić information content (AvgIpc) is 2.35. The van der Waals surface area contributed by atoms with Gasteiger partial charge in [-0.2, -0.15) is 0 Å². The number of hydrogen-bond acceptors (Lipinski definition) is 1. The van der Waals surface area contributed by atoms with Crippen LogP contribution in [0.5, 0.6) is 0 Å². The molecule has 0 radical (unpaired) electrons. The molecule has 1 aliphatic carbocycles. The lowest BCUT2D eigenvalue weighted by Crippen LogP contribution is -2.30. The summed E-state index contributed by atoms with van der Waals surface area (Å²) < 4.78 is 26.9. The van der Waals surface area contributed by atoms with Gasteiger partial charge in [-0.05, 0) is 36.7 Å². The fourth-order valence-electron chi connectivity index (χ4n) is 2.95. The predicted octanol–water partition coefficient (Wildman–Crippen LogP) is 4.04. The number of nitrogens with two attached hydrogens (primary N) is 1. The van der Waals surface area contributed by atoms with Crippen LogP contribution in [0.15, 0.2) is 18.2 Å². The monoisotopic (exact) mass is 253 g/mol. The number of benzene rings is 1. The maximum absolute atomic E-state index is 13.7. The Balaban J connectivity index is 2.16. The molecular formula is C15H21F2N. The first-order chi connectivity index (χ1) is 8.50. The van der Waals surface area contributed by atoms with Crippen LogP contribution in [0, 0.1) is 29.4 Å². The van der Waals surface area contributed by atoms with Crippen LogP contribution in [-0.4, -0.2) is 0 Å². The van der Waals surface area contributed by atoms with E-state index in [1.807, 2.05) is 0 Å². The molecule has 0 heterocycles. The zero-order valence-electron chi connectivity index (χ0n) is 11.0. The molecule has 18 heavy (non-hydrogen) atoms. The summed E-state index contributed by atoms with van der Waals surface area (Å²) in [5.74, 6) is -0.0267. The van der Waals surface area contributed by atoms with Gasteiger partial charge in [-0.1, -0.05) is 32.4 Å². The number of rotatable bonds is 2. The summed E-state index contributed by atoms with van der Waals surface area (Å²) in [6, 6.07) is 3.88. The first-order valence-electron chi connectivity index (χ1n) is 6.70. The van der Waals surface area contributed by atoms with E-state index in [0.29, 0.717) is 17.4 Å². The smallest absolute Gasteiger partial charge is 0.163 e. The normalized spacial score (nSPS) is 30.2. The van der Waals surface area contributed by atoms with Gasteiger partial charge in [0.05, 0.1) is 0 Å². The minimum absolute atomic E-state index is 0.257. The van der Waals surface area contributed by atoms with Crippen molar-refractivity contribution in [3.05, 3.63) is 35.4 Å². The summed E-state index contributed by atoms with van der Waals surface area (Å²) in [6.07, 6.45) is 3.12. The molecule has 1 nitrogen and oxygen atoms in total. The van der Waals surface area contributed by atoms with Crippen molar-refractivity contribution in [2.75, 3.05) is 0 Å². The molecule has 1 aliphatic rings. The Kier molecular flexibility index (Phi) is 4.00. The summed E-state index contributed by atoms with van der Waals surface area (Å²) in [7, 11) is 0. The summed E-state index contributed by atoms with van der Waals surface area (Å²) in [6.45, 7) is 4.46. The van der Waals surface area contributed by atoms with E-state index < -0.39 is 17.7 Å². The molecule has 1 aromatic carbocycles. The van der Waals surface area contributed by atoms with Gasteiger partial charge in [-0.15, -0.1) is 0 Å². The highest BCUT2D eigenvalue weighted by molar-refractivity contribution is 5.23. The second-order valence-corrected chi connectivity index (χ2v) is 5.70. The fraction of sp³-hybridized carbons (Fsp3) is 0.600. The van der Waals surface area contributed by atoms with Crippen LogP contribution in [0.3, 0.4) is 0 Å². The summed E-state index contributed by atoms with van der Waals surface area (Å²) in [5.41, 5.74) is 6.46. The van der Waals surface area contributed by atoms with Crippen molar-refractivity contribution in [3.63, 3.8) is 0 Å². The second-order valence-electron chi connectivity index (χ2n) is 5.70. The Morgan fingerprint density at radius 2 is 1.89 bits per heavy atom. The van der Waals surface area contributed by atoms with E-state index >= 15 is 0 Å². The summed E-state index contributed by atoms with van der Waals surface area (Å²) >= 11 is 0.